The third kappa shape index (κ3) is 2.37. The van der Waals surface area contributed by atoms with Crippen molar-refractivity contribution in [2.45, 2.75) is 43.7 Å². The average molecular weight is 281 g/mol. The maximum atomic E-state index is 6.61. The molecule has 2 aromatic carbocycles. The van der Waals surface area contributed by atoms with Crippen LogP contribution in [0.25, 0.3) is 10.8 Å². The Morgan fingerprint density at radius 1 is 1.10 bits per heavy atom. The van der Waals surface area contributed by atoms with Gasteiger partial charge in [0.15, 0.2) is 0 Å². The summed E-state index contributed by atoms with van der Waals surface area (Å²) in [6, 6.07) is 15.3. The zero-order valence-electron chi connectivity index (χ0n) is 12.4. The van der Waals surface area contributed by atoms with Crippen molar-refractivity contribution in [3.05, 3.63) is 48.0 Å². The van der Waals surface area contributed by atoms with Crippen LogP contribution in [0.4, 0.5) is 0 Å². The average Bonchev–Trinajstić information content (AvgIpc) is 2.52. The second-order valence-corrected chi connectivity index (χ2v) is 6.77. The number of nitrogens with two attached hydrogens (primary N) is 1. The third-order valence-electron chi connectivity index (χ3n) is 5.46. The van der Waals surface area contributed by atoms with Crippen LogP contribution < -0.4 is 5.73 Å². The predicted octanol–water partition coefficient (Wildman–Crippen LogP) is 4.19. The summed E-state index contributed by atoms with van der Waals surface area (Å²) in [5.74, 6) is 0.556. The molecule has 1 spiro atoms. The molecule has 2 N–H and O–H groups in total. The smallest absolute Gasteiger partial charge is 0.0686 e. The Bertz CT molecular complexity index is 647. The predicted molar refractivity (Wildman–Crippen MR) is 86.1 cm³/mol. The molecule has 1 aliphatic heterocycles. The Morgan fingerprint density at radius 3 is 2.67 bits per heavy atom. The van der Waals surface area contributed by atoms with E-state index < -0.39 is 0 Å². The summed E-state index contributed by atoms with van der Waals surface area (Å²) in [4.78, 5) is 0. The van der Waals surface area contributed by atoms with Gasteiger partial charge in [-0.2, -0.15) is 0 Å². The van der Waals surface area contributed by atoms with E-state index in [2.05, 4.69) is 42.5 Å². The van der Waals surface area contributed by atoms with E-state index in [4.69, 9.17) is 10.5 Å². The molecule has 110 valence electrons. The second kappa shape index (κ2) is 5.11. The summed E-state index contributed by atoms with van der Waals surface area (Å²) in [5, 5.41) is 2.58. The van der Waals surface area contributed by atoms with Crippen molar-refractivity contribution in [1.82, 2.24) is 0 Å². The topological polar surface area (TPSA) is 35.2 Å². The lowest BCUT2D eigenvalue weighted by atomic mass is 9.70. The highest BCUT2D eigenvalue weighted by atomic mass is 16.5. The summed E-state index contributed by atoms with van der Waals surface area (Å²) in [7, 11) is 0. The Labute approximate surface area is 126 Å². The molecule has 4 rings (SSSR count). The largest absolute Gasteiger partial charge is 0.375 e. The van der Waals surface area contributed by atoms with Gasteiger partial charge in [0.2, 0.25) is 0 Å². The van der Waals surface area contributed by atoms with E-state index in [1.165, 1.54) is 35.6 Å². The minimum atomic E-state index is 0.135. The van der Waals surface area contributed by atoms with Crippen molar-refractivity contribution in [3.63, 3.8) is 0 Å². The van der Waals surface area contributed by atoms with Crippen LogP contribution >= 0.6 is 0 Å². The van der Waals surface area contributed by atoms with E-state index in [0.29, 0.717) is 5.92 Å². The van der Waals surface area contributed by atoms with Gasteiger partial charge in [-0.3, -0.25) is 0 Å². The van der Waals surface area contributed by atoms with E-state index in [-0.39, 0.29) is 11.6 Å². The van der Waals surface area contributed by atoms with Crippen LogP contribution in [-0.4, -0.2) is 12.2 Å². The van der Waals surface area contributed by atoms with Gasteiger partial charge in [0.25, 0.3) is 0 Å². The molecule has 0 amide bonds. The summed E-state index contributed by atoms with van der Waals surface area (Å²) < 4.78 is 6.03. The zero-order valence-corrected chi connectivity index (χ0v) is 12.4. The van der Waals surface area contributed by atoms with Crippen molar-refractivity contribution in [1.29, 1.82) is 0 Å². The lowest BCUT2D eigenvalue weighted by molar-refractivity contribution is -0.146. The summed E-state index contributed by atoms with van der Waals surface area (Å²) in [6.07, 6.45) is 6.01. The lowest BCUT2D eigenvalue weighted by Gasteiger charge is -2.48. The minimum Gasteiger partial charge on any atom is -0.375 e. The fourth-order valence-electron chi connectivity index (χ4n) is 3.98. The normalized spacial score (nSPS) is 25.7. The van der Waals surface area contributed by atoms with Gasteiger partial charge in [0, 0.05) is 12.6 Å². The van der Waals surface area contributed by atoms with Gasteiger partial charge in [-0.25, -0.2) is 0 Å². The zero-order chi connectivity index (χ0) is 14.3. The molecule has 0 radical (unpaired) electrons. The molecule has 2 heteroatoms. The fourth-order valence-corrected chi connectivity index (χ4v) is 3.98. The molecule has 1 heterocycles. The Morgan fingerprint density at radius 2 is 1.90 bits per heavy atom. The maximum absolute atomic E-state index is 6.61. The van der Waals surface area contributed by atoms with Crippen LogP contribution in [0.1, 0.15) is 43.7 Å². The monoisotopic (exact) mass is 281 g/mol. The van der Waals surface area contributed by atoms with E-state index in [9.17, 15) is 0 Å². The molecule has 0 aromatic heterocycles. The minimum absolute atomic E-state index is 0.135. The number of benzene rings is 2. The quantitative estimate of drug-likeness (QED) is 0.896. The van der Waals surface area contributed by atoms with E-state index in [0.717, 1.165) is 19.4 Å². The number of hydrogen-bond acceptors (Lipinski definition) is 2. The van der Waals surface area contributed by atoms with Gasteiger partial charge in [-0.05, 0) is 60.4 Å². The molecule has 2 atom stereocenters. The summed E-state index contributed by atoms with van der Waals surface area (Å²) >= 11 is 0. The van der Waals surface area contributed by atoms with Crippen molar-refractivity contribution in [2.75, 3.05) is 6.61 Å². The van der Waals surface area contributed by atoms with Crippen LogP contribution in [-0.2, 0) is 4.74 Å². The maximum Gasteiger partial charge on any atom is 0.0686 e. The molecule has 1 saturated carbocycles. The highest BCUT2D eigenvalue weighted by Crippen LogP contribution is 2.46. The standard InChI is InChI=1S/C19H23NO/c20-18(17-8-11-21-19(13-17)9-3-10-19)16-7-6-14-4-1-2-5-15(14)12-16/h1-2,4-7,12,17-18H,3,8-11,13,20H2. The molecule has 1 aliphatic carbocycles. The first-order chi connectivity index (χ1) is 10.3. The Balaban J connectivity index is 1.58. The molecular formula is C19H23NO. The molecule has 2 unspecified atom stereocenters. The highest BCUT2D eigenvalue weighted by molar-refractivity contribution is 5.83. The first-order valence-electron chi connectivity index (χ1n) is 8.14. The first kappa shape index (κ1) is 13.3. The lowest BCUT2D eigenvalue weighted by Crippen LogP contribution is -2.47. The van der Waals surface area contributed by atoms with Crippen LogP contribution in [0.2, 0.25) is 0 Å². The van der Waals surface area contributed by atoms with Crippen molar-refractivity contribution in [2.24, 2.45) is 11.7 Å². The Hall–Kier alpha value is -1.38. The molecule has 21 heavy (non-hydrogen) atoms. The van der Waals surface area contributed by atoms with E-state index >= 15 is 0 Å². The third-order valence-corrected chi connectivity index (χ3v) is 5.46. The summed E-state index contributed by atoms with van der Waals surface area (Å²) in [5.41, 5.74) is 8.06. The molecular weight excluding hydrogens is 258 g/mol. The van der Waals surface area contributed by atoms with Gasteiger partial charge in [-0.1, -0.05) is 36.4 Å². The summed E-state index contributed by atoms with van der Waals surface area (Å²) in [6.45, 7) is 0.881. The van der Waals surface area contributed by atoms with Gasteiger partial charge in [-0.15, -0.1) is 0 Å². The van der Waals surface area contributed by atoms with Crippen LogP contribution in [0.3, 0.4) is 0 Å². The molecule has 2 nitrogen and oxygen atoms in total. The van der Waals surface area contributed by atoms with Crippen LogP contribution in [0.15, 0.2) is 42.5 Å². The fraction of sp³-hybridized carbons (Fsp3) is 0.474. The molecule has 0 bridgehead atoms. The first-order valence-corrected chi connectivity index (χ1v) is 8.14. The molecule has 2 aliphatic rings. The van der Waals surface area contributed by atoms with Crippen LogP contribution in [0, 0.1) is 5.92 Å². The molecule has 1 saturated heterocycles. The number of ether oxygens (including phenoxy) is 1. The second-order valence-electron chi connectivity index (χ2n) is 6.77. The van der Waals surface area contributed by atoms with Gasteiger partial charge in [0.05, 0.1) is 5.60 Å². The highest BCUT2D eigenvalue weighted by Gasteiger charge is 2.43. The van der Waals surface area contributed by atoms with E-state index in [1.54, 1.807) is 0 Å². The van der Waals surface area contributed by atoms with Crippen molar-refractivity contribution < 1.29 is 4.74 Å². The van der Waals surface area contributed by atoms with Gasteiger partial charge < -0.3 is 10.5 Å². The van der Waals surface area contributed by atoms with Crippen molar-refractivity contribution >= 4 is 10.8 Å². The number of rotatable bonds is 2. The van der Waals surface area contributed by atoms with Crippen LogP contribution in [0.5, 0.6) is 0 Å². The number of hydrogen-bond donors (Lipinski definition) is 1. The van der Waals surface area contributed by atoms with E-state index in [1.807, 2.05) is 0 Å². The SMILES string of the molecule is NC(c1ccc2ccccc2c1)C1CCOC2(CCC2)C1. The number of fused-ring (bicyclic) bond motifs is 1. The van der Waals surface area contributed by atoms with Crippen molar-refractivity contribution in [3.8, 4) is 0 Å². The van der Waals surface area contributed by atoms with Gasteiger partial charge >= 0.3 is 0 Å². The molecule has 2 aromatic rings. The van der Waals surface area contributed by atoms with Gasteiger partial charge in [0.1, 0.15) is 0 Å². The molecule has 2 fully saturated rings. The Kier molecular flexibility index (Phi) is 3.24.